The predicted molar refractivity (Wildman–Crippen MR) is 106 cm³/mol. The molecule has 0 saturated carbocycles. The van der Waals surface area contributed by atoms with E-state index >= 15 is 0 Å². The maximum Gasteiger partial charge on any atom is 0.327 e. The molecule has 0 radical (unpaired) electrons. The second kappa shape index (κ2) is 29.5. The van der Waals surface area contributed by atoms with Gasteiger partial charge in [-0.25, -0.2) is 19.2 Å². The lowest BCUT2D eigenvalue weighted by molar-refractivity contribution is -0.132. The van der Waals surface area contributed by atoms with E-state index in [2.05, 4.69) is 26.3 Å². The molecule has 0 spiro atoms. The highest BCUT2D eigenvalue weighted by atomic mass is 16.5. The molecule has 2 unspecified atom stereocenters. The van der Waals surface area contributed by atoms with E-state index in [4.69, 9.17) is 35.4 Å². The van der Waals surface area contributed by atoms with E-state index < -0.39 is 30.0 Å². The topological polar surface area (TPSA) is 199 Å². The normalized spacial score (nSPS) is 9.79. The van der Waals surface area contributed by atoms with Gasteiger partial charge in [0.2, 0.25) is 0 Å². The molecule has 0 fully saturated rings. The second-order valence-electron chi connectivity index (χ2n) is 4.34. The molecule has 0 aliphatic carbocycles. The third-order valence-corrected chi connectivity index (χ3v) is 1.58. The van der Waals surface area contributed by atoms with Crippen LogP contribution in [0.2, 0.25) is 0 Å². The van der Waals surface area contributed by atoms with Crippen molar-refractivity contribution in [2.24, 2.45) is 0 Å². The molecule has 0 aliphatic heterocycles. The standard InChI is InChI=1S/C6H14O3.4C3H4O2/c1-5(8)4-9-6(2)3-7;4*1-2-3(4)5/h5-8H,3-4H2,1-2H3;4*2H,1H2,(H,4,5). The monoisotopic (exact) mass is 422 g/mol. The van der Waals surface area contributed by atoms with Gasteiger partial charge in [0.1, 0.15) is 0 Å². The minimum Gasteiger partial charge on any atom is -0.478 e. The van der Waals surface area contributed by atoms with Crippen molar-refractivity contribution in [1.29, 1.82) is 0 Å². The van der Waals surface area contributed by atoms with Gasteiger partial charge in [0.25, 0.3) is 0 Å². The molecule has 0 aromatic carbocycles. The SMILES string of the molecule is C=CC(=O)O.C=CC(=O)O.C=CC(=O)O.C=CC(=O)O.CC(O)COC(C)CO. The minimum absolute atomic E-state index is 0.00667. The molecule has 0 heterocycles. The number of rotatable bonds is 8. The van der Waals surface area contributed by atoms with Crippen LogP contribution in [0.15, 0.2) is 50.6 Å². The van der Waals surface area contributed by atoms with Gasteiger partial charge in [-0.05, 0) is 13.8 Å². The van der Waals surface area contributed by atoms with Crippen LogP contribution in [0, 0.1) is 0 Å². The fourth-order valence-electron chi connectivity index (χ4n) is 0.356. The summed E-state index contributed by atoms with van der Waals surface area (Å²) in [6.45, 7) is 15.5. The van der Waals surface area contributed by atoms with Crippen molar-refractivity contribution in [3.63, 3.8) is 0 Å². The third kappa shape index (κ3) is 92.9. The summed E-state index contributed by atoms with van der Waals surface area (Å²) >= 11 is 0. The summed E-state index contributed by atoms with van der Waals surface area (Å²) in [4.78, 5) is 37.0. The van der Waals surface area contributed by atoms with E-state index in [0.717, 1.165) is 24.3 Å². The Morgan fingerprint density at radius 2 is 0.966 bits per heavy atom. The molecular formula is C18H30O11. The molecule has 0 aromatic heterocycles. The Balaban J connectivity index is -0.0000000853. The number of carbonyl (C=O) groups is 4. The van der Waals surface area contributed by atoms with Crippen molar-refractivity contribution in [3.8, 4) is 0 Å². The predicted octanol–water partition coefficient (Wildman–Crippen LogP) is 0.793. The number of carboxylic acid groups (broad SMARTS) is 4. The summed E-state index contributed by atoms with van der Waals surface area (Å²) in [5, 5.41) is 47.5. The molecule has 0 aromatic rings. The van der Waals surface area contributed by atoms with Crippen LogP contribution in [0.1, 0.15) is 13.8 Å². The van der Waals surface area contributed by atoms with Crippen molar-refractivity contribution < 1.29 is 54.6 Å². The fraction of sp³-hybridized carbons (Fsp3) is 0.333. The number of aliphatic carboxylic acids is 4. The lowest BCUT2D eigenvalue weighted by atomic mass is 10.4. The maximum atomic E-state index is 9.25. The quantitative estimate of drug-likeness (QED) is 0.302. The largest absolute Gasteiger partial charge is 0.478 e. The zero-order chi connectivity index (χ0) is 24.4. The second-order valence-corrected chi connectivity index (χ2v) is 4.34. The van der Waals surface area contributed by atoms with Crippen LogP contribution in [-0.2, 0) is 23.9 Å². The van der Waals surface area contributed by atoms with Crippen molar-refractivity contribution in [2.75, 3.05) is 13.2 Å². The smallest absolute Gasteiger partial charge is 0.327 e. The molecule has 0 bridgehead atoms. The lowest BCUT2D eigenvalue weighted by Gasteiger charge is -2.10. The average Bonchev–Trinajstić information content (AvgIpc) is 2.67. The maximum absolute atomic E-state index is 9.25. The van der Waals surface area contributed by atoms with Gasteiger partial charge in [0.15, 0.2) is 0 Å². The number of hydrogen-bond donors (Lipinski definition) is 6. The fourth-order valence-corrected chi connectivity index (χ4v) is 0.356. The van der Waals surface area contributed by atoms with Gasteiger partial charge in [-0.15, -0.1) is 0 Å². The molecule has 2 atom stereocenters. The summed E-state index contributed by atoms with van der Waals surface area (Å²) in [6.07, 6.45) is 2.72. The summed E-state index contributed by atoms with van der Waals surface area (Å²) in [7, 11) is 0. The molecule has 0 aliphatic rings. The van der Waals surface area contributed by atoms with Crippen LogP contribution in [0.4, 0.5) is 0 Å². The van der Waals surface area contributed by atoms with Crippen LogP contribution < -0.4 is 0 Å². The molecular weight excluding hydrogens is 392 g/mol. The van der Waals surface area contributed by atoms with Crippen molar-refractivity contribution in [3.05, 3.63) is 50.6 Å². The first kappa shape index (κ1) is 36.6. The highest BCUT2D eigenvalue weighted by Crippen LogP contribution is 1.90. The number of aliphatic hydroxyl groups excluding tert-OH is 2. The van der Waals surface area contributed by atoms with Crippen LogP contribution >= 0.6 is 0 Å². The zero-order valence-corrected chi connectivity index (χ0v) is 16.4. The van der Waals surface area contributed by atoms with Crippen LogP contribution in [0.5, 0.6) is 0 Å². The van der Waals surface area contributed by atoms with Gasteiger partial charge >= 0.3 is 23.9 Å². The Hall–Kier alpha value is -3.28. The summed E-state index contributed by atoms with van der Waals surface area (Å²) in [5.41, 5.74) is 0. The first-order chi connectivity index (χ1) is 13.2. The number of aliphatic hydroxyl groups is 2. The Kier molecular flexibility index (Phi) is 37.2. The summed E-state index contributed by atoms with van der Waals surface area (Å²) in [5.74, 6) is -3.93. The van der Waals surface area contributed by atoms with E-state index in [1.165, 1.54) is 0 Å². The van der Waals surface area contributed by atoms with Crippen molar-refractivity contribution >= 4 is 23.9 Å². The first-order valence-corrected chi connectivity index (χ1v) is 7.57. The van der Waals surface area contributed by atoms with Gasteiger partial charge in [0.05, 0.1) is 25.4 Å². The van der Waals surface area contributed by atoms with Crippen LogP contribution in [0.3, 0.4) is 0 Å². The Morgan fingerprint density at radius 3 is 1.07 bits per heavy atom. The molecule has 11 heteroatoms. The van der Waals surface area contributed by atoms with Crippen molar-refractivity contribution in [1.82, 2.24) is 0 Å². The molecule has 6 N–H and O–H groups in total. The van der Waals surface area contributed by atoms with Crippen LogP contribution in [0.25, 0.3) is 0 Å². The molecule has 0 rings (SSSR count). The van der Waals surface area contributed by atoms with E-state index in [0.29, 0.717) is 6.61 Å². The Bertz CT molecular complexity index is 424. The number of hydrogen-bond acceptors (Lipinski definition) is 7. The highest BCUT2D eigenvalue weighted by Gasteiger charge is 2.00. The Morgan fingerprint density at radius 1 is 0.759 bits per heavy atom. The van der Waals surface area contributed by atoms with Gasteiger partial charge in [0, 0.05) is 24.3 Å². The molecule has 11 nitrogen and oxygen atoms in total. The first-order valence-electron chi connectivity index (χ1n) is 7.57. The number of carboxylic acids is 4. The van der Waals surface area contributed by atoms with E-state index in [-0.39, 0.29) is 12.7 Å². The number of ether oxygens (including phenoxy) is 1. The highest BCUT2D eigenvalue weighted by molar-refractivity contribution is 5.79. The third-order valence-electron chi connectivity index (χ3n) is 1.58. The van der Waals surface area contributed by atoms with E-state index in [1.807, 2.05) is 0 Å². The van der Waals surface area contributed by atoms with E-state index in [9.17, 15) is 19.2 Å². The van der Waals surface area contributed by atoms with Gasteiger partial charge in [-0.1, -0.05) is 26.3 Å². The summed E-state index contributed by atoms with van der Waals surface area (Å²) in [6, 6.07) is 0. The lowest BCUT2D eigenvalue weighted by Crippen LogP contribution is -2.19. The molecule has 29 heavy (non-hydrogen) atoms. The molecule has 0 amide bonds. The van der Waals surface area contributed by atoms with Crippen molar-refractivity contribution in [2.45, 2.75) is 26.1 Å². The Labute approximate surface area is 169 Å². The summed E-state index contributed by atoms with van der Waals surface area (Å²) < 4.78 is 4.95. The average molecular weight is 422 g/mol. The molecule has 0 saturated heterocycles. The molecule has 168 valence electrons. The van der Waals surface area contributed by atoms with Gasteiger partial charge in [-0.2, -0.15) is 0 Å². The van der Waals surface area contributed by atoms with E-state index in [1.54, 1.807) is 13.8 Å². The zero-order valence-electron chi connectivity index (χ0n) is 16.4. The minimum atomic E-state index is -0.981. The van der Waals surface area contributed by atoms with Gasteiger partial charge < -0.3 is 35.4 Å². The van der Waals surface area contributed by atoms with Crippen LogP contribution in [-0.4, -0.2) is 79.9 Å². The van der Waals surface area contributed by atoms with Gasteiger partial charge in [-0.3, -0.25) is 0 Å².